The topological polar surface area (TPSA) is 33.1 Å². The van der Waals surface area contributed by atoms with Gasteiger partial charge in [-0.2, -0.15) is 13.2 Å². The molecule has 0 saturated carbocycles. The first-order valence-electron chi connectivity index (χ1n) is 5.94. The van der Waals surface area contributed by atoms with Gasteiger partial charge in [-0.15, -0.1) is 0 Å². The van der Waals surface area contributed by atoms with Crippen LogP contribution in [0, 0.1) is 5.82 Å². The molecule has 0 spiro atoms. The summed E-state index contributed by atoms with van der Waals surface area (Å²) in [4.78, 5) is 3.22. The molecule has 0 aliphatic heterocycles. The van der Waals surface area contributed by atoms with Crippen molar-refractivity contribution in [3.8, 4) is 0 Å². The Balaban J connectivity index is 2.24. The largest absolute Gasteiger partial charge is 0.433 e. The molecule has 0 radical (unpaired) electrons. The average Bonchev–Trinajstić information content (AvgIpc) is 2.40. The zero-order valence-electron chi connectivity index (χ0n) is 10.5. The number of nitrogens with zero attached hydrogens (tertiary/aromatic N) is 1. The number of alkyl halides is 3. The molecule has 0 bridgehead atoms. The minimum Gasteiger partial charge on any atom is -0.388 e. The Morgan fingerprint density at radius 2 is 1.81 bits per heavy atom. The molecule has 7 heteroatoms. The summed E-state index contributed by atoms with van der Waals surface area (Å²) in [6.45, 7) is 0. The molecule has 1 aromatic carbocycles. The van der Waals surface area contributed by atoms with E-state index in [1.54, 1.807) is 6.07 Å². The number of hydrogen-bond acceptors (Lipinski definition) is 2. The van der Waals surface area contributed by atoms with E-state index in [9.17, 15) is 22.7 Å². The highest BCUT2D eigenvalue weighted by molar-refractivity contribution is 6.30. The van der Waals surface area contributed by atoms with Crippen molar-refractivity contribution in [1.82, 2.24) is 4.98 Å². The van der Waals surface area contributed by atoms with Crippen LogP contribution in [0.3, 0.4) is 0 Å². The van der Waals surface area contributed by atoms with Crippen molar-refractivity contribution in [3.05, 3.63) is 64.2 Å². The van der Waals surface area contributed by atoms with Crippen LogP contribution in [0.25, 0.3) is 0 Å². The van der Waals surface area contributed by atoms with E-state index in [2.05, 4.69) is 4.98 Å². The first-order valence-corrected chi connectivity index (χ1v) is 6.32. The summed E-state index contributed by atoms with van der Waals surface area (Å²) >= 11 is 5.67. The van der Waals surface area contributed by atoms with Gasteiger partial charge in [-0.1, -0.05) is 35.9 Å². The number of aliphatic hydroxyl groups is 1. The molecule has 0 aliphatic rings. The van der Waals surface area contributed by atoms with Crippen molar-refractivity contribution in [1.29, 1.82) is 0 Å². The molecule has 2 aromatic rings. The third-order valence-electron chi connectivity index (χ3n) is 2.90. The smallest absolute Gasteiger partial charge is 0.388 e. The molecule has 112 valence electrons. The average molecular weight is 320 g/mol. The predicted molar refractivity (Wildman–Crippen MR) is 69.3 cm³/mol. The predicted octanol–water partition coefficient (Wildman–Crippen LogP) is 4.17. The minimum atomic E-state index is -4.61. The first-order chi connectivity index (χ1) is 9.79. The normalized spacial score (nSPS) is 13.2. The SMILES string of the molecule is OC(Cc1ccccc1F)c1ccc(C(F)(F)F)nc1Cl. The summed E-state index contributed by atoms with van der Waals surface area (Å²) in [5, 5.41) is 9.55. The van der Waals surface area contributed by atoms with Crippen LogP contribution in [0.4, 0.5) is 17.6 Å². The highest BCUT2D eigenvalue weighted by atomic mass is 35.5. The van der Waals surface area contributed by atoms with Gasteiger partial charge in [-0.05, 0) is 17.7 Å². The van der Waals surface area contributed by atoms with Crippen molar-refractivity contribution >= 4 is 11.6 Å². The molecule has 1 aromatic heterocycles. The van der Waals surface area contributed by atoms with Crippen LogP contribution in [0.5, 0.6) is 0 Å². The van der Waals surface area contributed by atoms with Gasteiger partial charge in [0.15, 0.2) is 0 Å². The van der Waals surface area contributed by atoms with Crippen LogP contribution >= 0.6 is 11.6 Å². The number of pyridine rings is 1. The Morgan fingerprint density at radius 1 is 1.14 bits per heavy atom. The Kier molecular flexibility index (Phi) is 4.49. The van der Waals surface area contributed by atoms with E-state index in [0.717, 1.165) is 12.1 Å². The van der Waals surface area contributed by atoms with Crippen molar-refractivity contribution in [3.63, 3.8) is 0 Å². The fourth-order valence-corrected chi connectivity index (χ4v) is 2.11. The van der Waals surface area contributed by atoms with Gasteiger partial charge in [-0.25, -0.2) is 9.37 Å². The second-order valence-electron chi connectivity index (χ2n) is 4.39. The number of benzene rings is 1. The summed E-state index contributed by atoms with van der Waals surface area (Å²) in [6, 6.07) is 7.57. The maximum absolute atomic E-state index is 13.5. The lowest BCUT2D eigenvalue weighted by molar-refractivity contribution is -0.141. The van der Waals surface area contributed by atoms with Gasteiger partial charge in [0.25, 0.3) is 0 Å². The Bertz CT molecular complexity index is 645. The van der Waals surface area contributed by atoms with Gasteiger partial charge in [0.2, 0.25) is 0 Å². The van der Waals surface area contributed by atoms with Crippen LogP contribution in [-0.4, -0.2) is 10.1 Å². The molecule has 2 nitrogen and oxygen atoms in total. The summed E-state index contributed by atoms with van der Waals surface area (Å²) in [7, 11) is 0. The number of aromatic nitrogens is 1. The van der Waals surface area contributed by atoms with Crippen LogP contribution in [0.2, 0.25) is 5.15 Å². The van der Waals surface area contributed by atoms with E-state index in [1.165, 1.54) is 18.2 Å². The maximum Gasteiger partial charge on any atom is 0.433 e. The van der Waals surface area contributed by atoms with E-state index in [0.29, 0.717) is 0 Å². The number of aliphatic hydroxyl groups excluding tert-OH is 1. The third-order valence-corrected chi connectivity index (χ3v) is 3.20. The summed E-state index contributed by atoms with van der Waals surface area (Å²) in [6.07, 6.45) is -5.97. The highest BCUT2D eigenvalue weighted by Crippen LogP contribution is 2.32. The lowest BCUT2D eigenvalue weighted by Gasteiger charge is -2.14. The number of rotatable bonds is 3. The van der Waals surface area contributed by atoms with Crippen molar-refractivity contribution < 1.29 is 22.7 Å². The molecule has 1 heterocycles. The molecular formula is C14H10ClF4NO. The second kappa shape index (κ2) is 5.99. The van der Waals surface area contributed by atoms with Crippen LogP contribution in [0.1, 0.15) is 22.9 Å². The zero-order valence-corrected chi connectivity index (χ0v) is 11.3. The van der Waals surface area contributed by atoms with Crippen LogP contribution < -0.4 is 0 Å². The molecule has 0 saturated heterocycles. The highest BCUT2D eigenvalue weighted by Gasteiger charge is 2.33. The molecule has 21 heavy (non-hydrogen) atoms. The zero-order chi connectivity index (χ0) is 15.6. The lowest BCUT2D eigenvalue weighted by atomic mass is 10.0. The van der Waals surface area contributed by atoms with Gasteiger partial charge in [-0.3, -0.25) is 0 Å². The van der Waals surface area contributed by atoms with Crippen molar-refractivity contribution in [2.45, 2.75) is 18.7 Å². The molecule has 0 amide bonds. The fourth-order valence-electron chi connectivity index (χ4n) is 1.83. The van der Waals surface area contributed by atoms with Crippen molar-refractivity contribution in [2.75, 3.05) is 0 Å². The summed E-state index contributed by atoms with van der Waals surface area (Å²) in [5.74, 6) is -0.507. The number of hydrogen-bond donors (Lipinski definition) is 1. The minimum absolute atomic E-state index is 0.0212. The number of halogens is 5. The molecule has 1 unspecified atom stereocenters. The second-order valence-corrected chi connectivity index (χ2v) is 4.74. The quantitative estimate of drug-likeness (QED) is 0.680. The van der Waals surface area contributed by atoms with E-state index in [1.807, 2.05) is 0 Å². The Hall–Kier alpha value is -1.66. The van der Waals surface area contributed by atoms with Gasteiger partial charge in [0.05, 0.1) is 6.10 Å². The van der Waals surface area contributed by atoms with Crippen molar-refractivity contribution in [2.24, 2.45) is 0 Å². The van der Waals surface area contributed by atoms with E-state index in [-0.39, 0.29) is 17.5 Å². The van der Waals surface area contributed by atoms with Crippen LogP contribution in [-0.2, 0) is 12.6 Å². The van der Waals surface area contributed by atoms with Crippen LogP contribution in [0.15, 0.2) is 36.4 Å². The van der Waals surface area contributed by atoms with Gasteiger partial charge < -0.3 is 5.11 Å². The van der Waals surface area contributed by atoms with Gasteiger partial charge in [0, 0.05) is 12.0 Å². The van der Waals surface area contributed by atoms with E-state index in [4.69, 9.17) is 11.6 Å². The first kappa shape index (κ1) is 15.7. The van der Waals surface area contributed by atoms with E-state index < -0.39 is 28.9 Å². The van der Waals surface area contributed by atoms with E-state index >= 15 is 0 Å². The monoisotopic (exact) mass is 319 g/mol. The molecular weight excluding hydrogens is 310 g/mol. The third kappa shape index (κ3) is 3.71. The maximum atomic E-state index is 13.5. The summed E-state index contributed by atoms with van der Waals surface area (Å²) < 4.78 is 50.9. The molecule has 2 rings (SSSR count). The Labute approximate surface area is 123 Å². The molecule has 0 aliphatic carbocycles. The standard InChI is InChI=1S/C14H10ClF4NO/c15-13-9(5-6-12(20-13)14(17,18)19)11(21)7-8-3-1-2-4-10(8)16/h1-6,11,21H,7H2. The van der Waals surface area contributed by atoms with Gasteiger partial charge in [0.1, 0.15) is 16.7 Å². The molecule has 1 N–H and O–H groups in total. The van der Waals surface area contributed by atoms with Gasteiger partial charge >= 0.3 is 6.18 Å². The molecule has 1 atom stereocenters. The molecule has 0 fully saturated rings. The summed E-state index contributed by atoms with van der Waals surface area (Å²) in [5.41, 5.74) is -0.886. The Morgan fingerprint density at radius 3 is 2.38 bits per heavy atom. The fraction of sp³-hybridized carbons (Fsp3) is 0.214. The lowest BCUT2D eigenvalue weighted by Crippen LogP contribution is -2.11.